The summed E-state index contributed by atoms with van der Waals surface area (Å²) in [5.41, 5.74) is 0.792. The molecule has 2 aromatic rings. The van der Waals surface area contributed by atoms with Crippen molar-refractivity contribution in [1.29, 1.82) is 0 Å². The highest BCUT2D eigenvalue weighted by atomic mass is 32.2. The molecule has 0 saturated carbocycles. The normalized spacial score (nSPS) is 11.6. The topological polar surface area (TPSA) is 72.2 Å². The maximum absolute atomic E-state index is 10.8. The summed E-state index contributed by atoms with van der Waals surface area (Å²) in [7, 11) is -2.28. The fourth-order valence-electron chi connectivity index (χ4n) is 1.42. The van der Waals surface area contributed by atoms with E-state index < -0.39 is 10.1 Å². The van der Waals surface area contributed by atoms with Crippen LogP contribution in [-0.4, -0.2) is 22.5 Å². The van der Waals surface area contributed by atoms with E-state index in [1.807, 2.05) is 11.6 Å². The number of benzene rings is 1. The number of hydrogen-bond donors (Lipinski definition) is 1. The Labute approximate surface area is 93.1 Å². The molecule has 0 bridgehead atoms. The Morgan fingerprint density at radius 2 is 1.88 bits per heavy atom. The first-order chi connectivity index (χ1) is 7.48. The third-order valence-electron chi connectivity index (χ3n) is 2.23. The molecule has 1 aromatic heterocycles. The lowest BCUT2D eigenvalue weighted by molar-refractivity contribution is 0.483. The van der Waals surface area contributed by atoms with Gasteiger partial charge in [0, 0.05) is 25.0 Å². The zero-order valence-corrected chi connectivity index (χ0v) is 9.35. The average Bonchev–Trinajstić information content (AvgIpc) is 2.63. The fourth-order valence-corrected chi connectivity index (χ4v) is 1.90. The third-order valence-corrected chi connectivity index (χ3v) is 3.10. The Balaban J connectivity index is 2.45. The first-order valence-corrected chi connectivity index (χ1v) is 5.98. The van der Waals surface area contributed by atoms with Gasteiger partial charge in [-0.2, -0.15) is 8.42 Å². The van der Waals surface area contributed by atoms with Gasteiger partial charge >= 0.3 is 0 Å². The van der Waals surface area contributed by atoms with Gasteiger partial charge in [-0.15, -0.1) is 0 Å². The van der Waals surface area contributed by atoms with Crippen molar-refractivity contribution in [3.63, 3.8) is 0 Å². The fraction of sp³-hybridized carbons (Fsp3) is 0.100. The van der Waals surface area contributed by atoms with Gasteiger partial charge in [0.05, 0.1) is 4.90 Å². The number of rotatable bonds is 2. The van der Waals surface area contributed by atoms with E-state index in [-0.39, 0.29) is 4.90 Å². The molecule has 0 fully saturated rings. The molecule has 5 nitrogen and oxygen atoms in total. The molecule has 0 spiro atoms. The predicted octanol–water partition coefficient (Wildman–Crippen LogP) is 1.33. The van der Waals surface area contributed by atoms with Crippen LogP contribution in [-0.2, 0) is 17.2 Å². The van der Waals surface area contributed by atoms with Gasteiger partial charge in [-0.05, 0) is 24.3 Å². The smallest absolute Gasteiger partial charge is 0.294 e. The molecule has 6 heteroatoms. The number of hydrogen-bond acceptors (Lipinski definition) is 3. The molecule has 0 unspecified atom stereocenters. The molecule has 1 heterocycles. The number of nitrogens with zero attached hydrogens (tertiary/aromatic N) is 2. The molecular formula is C10H10N2O3S. The summed E-state index contributed by atoms with van der Waals surface area (Å²) in [5, 5.41) is 0. The van der Waals surface area contributed by atoms with Gasteiger partial charge in [0.25, 0.3) is 10.1 Å². The van der Waals surface area contributed by atoms with E-state index >= 15 is 0 Å². The van der Waals surface area contributed by atoms with Gasteiger partial charge in [0.15, 0.2) is 0 Å². The summed E-state index contributed by atoms with van der Waals surface area (Å²) >= 11 is 0. The van der Waals surface area contributed by atoms with Crippen LogP contribution in [0.3, 0.4) is 0 Å². The Morgan fingerprint density at radius 3 is 2.31 bits per heavy atom. The van der Waals surface area contributed by atoms with Crippen LogP contribution in [0.25, 0.3) is 11.4 Å². The molecule has 1 aromatic carbocycles. The van der Waals surface area contributed by atoms with Crippen molar-refractivity contribution in [2.75, 3.05) is 0 Å². The summed E-state index contributed by atoms with van der Waals surface area (Å²) < 4.78 is 32.3. The minimum absolute atomic E-state index is 0.120. The summed E-state index contributed by atoms with van der Waals surface area (Å²) in [5.74, 6) is 0.738. The lowest BCUT2D eigenvalue weighted by atomic mass is 10.2. The Kier molecular flexibility index (Phi) is 2.53. The van der Waals surface area contributed by atoms with Crippen LogP contribution in [0.1, 0.15) is 0 Å². The molecule has 84 valence electrons. The molecule has 0 aliphatic rings. The van der Waals surface area contributed by atoms with Crippen molar-refractivity contribution >= 4 is 10.1 Å². The molecule has 0 radical (unpaired) electrons. The maximum atomic E-state index is 10.8. The van der Waals surface area contributed by atoms with Crippen LogP contribution in [0.2, 0.25) is 0 Å². The quantitative estimate of drug-likeness (QED) is 0.801. The van der Waals surface area contributed by atoms with Gasteiger partial charge in [-0.3, -0.25) is 4.55 Å². The summed E-state index contributed by atoms with van der Waals surface area (Å²) in [4.78, 5) is 4.01. The highest BCUT2D eigenvalue weighted by Crippen LogP contribution is 2.18. The van der Waals surface area contributed by atoms with Crippen molar-refractivity contribution in [1.82, 2.24) is 9.55 Å². The molecule has 16 heavy (non-hydrogen) atoms. The molecule has 1 N–H and O–H groups in total. The highest BCUT2D eigenvalue weighted by molar-refractivity contribution is 7.85. The molecular weight excluding hydrogens is 228 g/mol. The summed E-state index contributed by atoms with van der Waals surface area (Å²) in [6, 6.07) is 5.90. The maximum Gasteiger partial charge on any atom is 0.294 e. The lowest BCUT2D eigenvalue weighted by Crippen LogP contribution is -1.98. The molecule has 0 amide bonds. The van der Waals surface area contributed by atoms with E-state index in [4.69, 9.17) is 4.55 Å². The van der Waals surface area contributed by atoms with Crippen LogP contribution in [0.4, 0.5) is 0 Å². The van der Waals surface area contributed by atoms with E-state index in [1.165, 1.54) is 12.1 Å². The van der Waals surface area contributed by atoms with E-state index in [0.29, 0.717) is 0 Å². The highest BCUT2D eigenvalue weighted by Gasteiger charge is 2.10. The zero-order chi connectivity index (χ0) is 11.8. The molecule has 0 atom stereocenters. The Morgan fingerprint density at radius 1 is 1.25 bits per heavy atom. The minimum Gasteiger partial charge on any atom is -0.334 e. The SMILES string of the molecule is Cn1ccnc1-c1ccc(S(=O)(=O)O)cc1. The van der Waals surface area contributed by atoms with E-state index in [0.717, 1.165) is 11.4 Å². The van der Waals surface area contributed by atoms with Gasteiger partial charge in [0.1, 0.15) is 5.82 Å². The second-order valence-electron chi connectivity index (χ2n) is 3.36. The Bertz CT molecular complexity index is 599. The van der Waals surface area contributed by atoms with Crippen molar-refractivity contribution in [3.8, 4) is 11.4 Å². The van der Waals surface area contributed by atoms with Crippen LogP contribution in [0, 0.1) is 0 Å². The molecule has 0 aliphatic heterocycles. The minimum atomic E-state index is -4.13. The molecule has 2 rings (SSSR count). The van der Waals surface area contributed by atoms with Gasteiger partial charge in [-0.25, -0.2) is 4.98 Å². The number of aryl methyl sites for hydroxylation is 1. The Hall–Kier alpha value is -1.66. The van der Waals surface area contributed by atoms with Gasteiger partial charge < -0.3 is 4.57 Å². The second kappa shape index (κ2) is 3.73. The first-order valence-electron chi connectivity index (χ1n) is 4.54. The predicted molar refractivity (Wildman–Crippen MR) is 58.5 cm³/mol. The van der Waals surface area contributed by atoms with Crippen molar-refractivity contribution in [2.45, 2.75) is 4.90 Å². The number of imidazole rings is 1. The second-order valence-corrected chi connectivity index (χ2v) is 4.78. The van der Waals surface area contributed by atoms with E-state index in [2.05, 4.69) is 4.98 Å². The van der Waals surface area contributed by atoms with Crippen molar-refractivity contribution in [3.05, 3.63) is 36.7 Å². The molecule has 0 aliphatic carbocycles. The average molecular weight is 238 g/mol. The van der Waals surface area contributed by atoms with Crippen LogP contribution in [0.15, 0.2) is 41.6 Å². The van der Waals surface area contributed by atoms with Crippen LogP contribution >= 0.6 is 0 Å². The van der Waals surface area contributed by atoms with Gasteiger partial charge in [-0.1, -0.05) is 0 Å². The zero-order valence-electron chi connectivity index (χ0n) is 8.53. The summed E-state index contributed by atoms with van der Waals surface area (Å²) in [6.07, 6.45) is 3.46. The third kappa shape index (κ3) is 1.98. The number of aromatic nitrogens is 2. The standard InChI is InChI=1S/C10H10N2O3S/c1-12-7-6-11-10(12)8-2-4-9(5-3-8)16(13,14)15/h2-7H,1H3,(H,13,14,15). The largest absolute Gasteiger partial charge is 0.334 e. The van der Waals surface area contributed by atoms with E-state index in [1.54, 1.807) is 24.5 Å². The monoisotopic (exact) mass is 238 g/mol. The van der Waals surface area contributed by atoms with Crippen LogP contribution < -0.4 is 0 Å². The van der Waals surface area contributed by atoms with Crippen molar-refractivity contribution < 1.29 is 13.0 Å². The lowest BCUT2D eigenvalue weighted by Gasteiger charge is -2.02. The van der Waals surface area contributed by atoms with Crippen molar-refractivity contribution in [2.24, 2.45) is 7.05 Å². The van der Waals surface area contributed by atoms with E-state index in [9.17, 15) is 8.42 Å². The molecule has 0 saturated heterocycles. The first kappa shape index (κ1) is 10.8. The van der Waals surface area contributed by atoms with Gasteiger partial charge in [0.2, 0.25) is 0 Å². The summed E-state index contributed by atoms with van der Waals surface area (Å²) in [6.45, 7) is 0. The van der Waals surface area contributed by atoms with Crippen LogP contribution in [0.5, 0.6) is 0 Å².